The van der Waals surface area contributed by atoms with Crippen molar-refractivity contribution >= 4 is 17.2 Å². The molecule has 1 aromatic heterocycles. The maximum absolute atomic E-state index is 12.9. The molecule has 0 unspecified atom stereocenters. The second-order valence-corrected chi connectivity index (χ2v) is 6.65. The van der Waals surface area contributed by atoms with Crippen LogP contribution in [0, 0.1) is 6.92 Å². The number of carbonyl (C=O) groups excluding carboxylic acids is 1. The number of thiazole rings is 1. The molecule has 0 bridgehead atoms. The Bertz CT molecular complexity index is 617. The van der Waals surface area contributed by atoms with Gasteiger partial charge in [0.05, 0.1) is 12.0 Å². The molecule has 2 aromatic rings. The van der Waals surface area contributed by atoms with Crippen LogP contribution in [0.15, 0.2) is 35.8 Å². The predicted octanol–water partition coefficient (Wildman–Crippen LogP) is 2.82. The lowest BCUT2D eigenvalue weighted by molar-refractivity contribution is -0.130. The van der Waals surface area contributed by atoms with Crippen LogP contribution in [0.1, 0.15) is 29.0 Å². The van der Waals surface area contributed by atoms with Crippen molar-refractivity contribution in [2.24, 2.45) is 0 Å². The summed E-state index contributed by atoms with van der Waals surface area (Å²) in [6.45, 7) is 3.80. The number of nitrogens with one attached hydrogen (secondary N) is 1. The van der Waals surface area contributed by atoms with Crippen LogP contribution in [0.25, 0.3) is 0 Å². The number of nitrogens with zero attached hydrogens (tertiary/aromatic N) is 1. The van der Waals surface area contributed by atoms with E-state index in [-0.39, 0.29) is 5.91 Å². The third-order valence-corrected chi connectivity index (χ3v) is 5.05. The number of aromatic nitrogens is 1. The minimum absolute atomic E-state index is 0.0786. The number of rotatable bonds is 4. The number of ether oxygens (including phenoxy) is 1. The summed E-state index contributed by atoms with van der Waals surface area (Å²) in [5, 5.41) is 5.91. The first kappa shape index (κ1) is 15.2. The lowest BCUT2D eigenvalue weighted by Gasteiger charge is -2.36. The Hall–Kier alpha value is -1.72. The number of amides is 1. The Balaban J connectivity index is 1.81. The van der Waals surface area contributed by atoms with Crippen LogP contribution in [0.2, 0.25) is 0 Å². The van der Waals surface area contributed by atoms with Crippen LogP contribution in [-0.2, 0) is 21.5 Å². The summed E-state index contributed by atoms with van der Waals surface area (Å²) in [4.78, 5) is 17.1. The fourth-order valence-electron chi connectivity index (χ4n) is 2.90. The first-order valence-electron chi connectivity index (χ1n) is 7.52. The second-order valence-electron chi connectivity index (χ2n) is 5.67. The molecule has 0 aliphatic carbocycles. The molecule has 0 saturated carbocycles. The molecule has 1 aliphatic rings. The van der Waals surface area contributed by atoms with Gasteiger partial charge in [0.2, 0.25) is 5.91 Å². The summed E-state index contributed by atoms with van der Waals surface area (Å²) in [6.07, 6.45) is 3.20. The molecule has 116 valence electrons. The molecule has 5 heteroatoms. The average Bonchev–Trinajstić information content (AvgIpc) is 3.07. The van der Waals surface area contributed by atoms with Crippen molar-refractivity contribution in [2.45, 2.75) is 31.7 Å². The minimum Gasteiger partial charge on any atom is -0.381 e. The lowest BCUT2D eigenvalue weighted by atomic mass is 9.73. The minimum atomic E-state index is -0.483. The average molecular weight is 316 g/mol. The lowest BCUT2D eigenvalue weighted by Crippen LogP contribution is -2.47. The van der Waals surface area contributed by atoms with Crippen LogP contribution < -0.4 is 5.32 Å². The van der Waals surface area contributed by atoms with E-state index in [4.69, 9.17) is 4.74 Å². The SMILES string of the molecule is Cc1ccc(C2(C(=O)NCc3nccs3)CCOCC2)cc1. The fourth-order valence-corrected chi connectivity index (χ4v) is 3.46. The van der Waals surface area contributed by atoms with Gasteiger partial charge >= 0.3 is 0 Å². The zero-order valence-corrected chi connectivity index (χ0v) is 13.5. The van der Waals surface area contributed by atoms with Gasteiger partial charge in [-0.15, -0.1) is 11.3 Å². The van der Waals surface area contributed by atoms with E-state index in [1.54, 1.807) is 17.5 Å². The molecule has 1 saturated heterocycles. The maximum atomic E-state index is 12.9. The van der Waals surface area contributed by atoms with Gasteiger partial charge in [-0.25, -0.2) is 4.98 Å². The number of hydrogen-bond acceptors (Lipinski definition) is 4. The number of hydrogen-bond donors (Lipinski definition) is 1. The van der Waals surface area contributed by atoms with Gasteiger partial charge in [-0.1, -0.05) is 29.8 Å². The highest BCUT2D eigenvalue weighted by atomic mass is 32.1. The number of carbonyl (C=O) groups is 1. The van der Waals surface area contributed by atoms with Gasteiger partial charge in [-0.3, -0.25) is 4.79 Å². The van der Waals surface area contributed by atoms with Crippen molar-refractivity contribution in [3.05, 3.63) is 52.0 Å². The van der Waals surface area contributed by atoms with E-state index in [9.17, 15) is 4.79 Å². The second kappa shape index (κ2) is 6.58. The van der Waals surface area contributed by atoms with Crippen molar-refractivity contribution in [2.75, 3.05) is 13.2 Å². The molecule has 3 rings (SSSR count). The molecular weight excluding hydrogens is 296 g/mol. The van der Waals surface area contributed by atoms with Gasteiger partial charge in [-0.2, -0.15) is 0 Å². The van der Waals surface area contributed by atoms with Crippen molar-refractivity contribution in [1.82, 2.24) is 10.3 Å². The summed E-state index contributed by atoms with van der Waals surface area (Å²) >= 11 is 1.56. The van der Waals surface area contributed by atoms with E-state index in [1.165, 1.54) is 5.56 Å². The molecule has 1 fully saturated rings. The summed E-state index contributed by atoms with van der Waals surface area (Å²) in [7, 11) is 0. The van der Waals surface area contributed by atoms with Crippen LogP contribution >= 0.6 is 11.3 Å². The van der Waals surface area contributed by atoms with E-state index in [0.717, 1.165) is 23.4 Å². The van der Waals surface area contributed by atoms with E-state index in [0.29, 0.717) is 19.8 Å². The van der Waals surface area contributed by atoms with Gasteiger partial charge in [0.1, 0.15) is 5.01 Å². The van der Waals surface area contributed by atoms with Crippen LogP contribution in [0.3, 0.4) is 0 Å². The third kappa shape index (κ3) is 3.05. The summed E-state index contributed by atoms with van der Waals surface area (Å²) in [5.74, 6) is 0.0786. The topological polar surface area (TPSA) is 51.2 Å². The highest BCUT2D eigenvalue weighted by Crippen LogP contribution is 2.35. The van der Waals surface area contributed by atoms with Crippen molar-refractivity contribution < 1.29 is 9.53 Å². The molecule has 22 heavy (non-hydrogen) atoms. The summed E-state index contributed by atoms with van der Waals surface area (Å²) < 4.78 is 5.48. The van der Waals surface area contributed by atoms with Crippen LogP contribution in [0.5, 0.6) is 0 Å². The van der Waals surface area contributed by atoms with E-state index in [2.05, 4.69) is 41.5 Å². The first-order valence-corrected chi connectivity index (χ1v) is 8.40. The van der Waals surface area contributed by atoms with Crippen LogP contribution in [-0.4, -0.2) is 24.1 Å². The number of aryl methyl sites for hydroxylation is 1. The van der Waals surface area contributed by atoms with E-state index in [1.807, 2.05) is 5.38 Å². The maximum Gasteiger partial charge on any atom is 0.231 e. The molecule has 2 heterocycles. The molecular formula is C17H20N2O2S. The van der Waals surface area contributed by atoms with Gasteiger partial charge in [0.15, 0.2) is 0 Å². The Morgan fingerprint density at radius 2 is 2.05 bits per heavy atom. The largest absolute Gasteiger partial charge is 0.381 e. The van der Waals surface area contributed by atoms with Crippen molar-refractivity contribution in [1.29, 1.82) is 0 Å². The quantitative estimate of drug-likeness (QED) is 0.943. The van der Waals surface area contributed by atoms with E-state index < -0.39 is 5.41 Å². The smallest absolute Gasteiger partial charge is 0.231 e. The summed E-state index contributed by atoms with van der Waals surface area (Å²) in [5.41, 5.74) is 1.80. The van der Waals surface area contributed by atoms with E-state index >= 15 is 0 Å². The molecule has 0 radical (unpaired) electrons. The molecule has 1 N–H and O–H groups in total. The van der Waals surface area contributed by atoms with Gasteiger partial charge in [0.25, 0.3) is 0 Å². The Morgan fingerprint density at radius 1 is 1.32 bits per heavy atom. The van der Waals surface area contributed by atoms with Gasteiger partial charge < -0.3 is 10.1 Å². The third-order valence-electron chi connectivity index (χ3n) is 4.27. The predicted molar refractivity (Wildman–Crippen MR) is 86.9 cm³/mol. The zero-order valence-electron chi connectivity index (χ0n) is 12.7. The van der Waals surface area contributed by atoms with Gasteiger partial charge in [-0.05, 0) is 25.3 Å². The Labute approximate surface area is 134 Å². The molecule has 4 nitrogen and oxygen atoms in total. The van der Waals surface area contributed by atoms with Crippen molar-refractivity contribution in [3.63, 3.8) is 0 Å². The van der Waals surface area contributed by atoms with Crippen molar-refractivity contribution in [3.8, 4) is 0 Å². The Morgan fingerprint density at radius 3 is 2.68 bits per heavy atom. The van der Waals surface area contributed by atoms with Crippen LogP contribution in [0.4, 0.5) is 0 Å². The molecule has 1 aliphatic heterocycles. The molecule has 1 aromatic carbocycles. The highest BCUT2D eigenvalue weighted by Gasteiger charge is 2.41. The Kier molecular flexibility index (Phi) is 4.55. The fraction of sp³-hybridized carbons (Fsp3) is 0.412. The normalized spacial score (nSPS) is 17.1. The standard InChI is InChI=1S/C17H20N2O2S/c1-13-2-4-14(5-3-13)17(6-9-21-10-7-17)16(20)19-12-15-18-8-11-22-15/h2-5,8,11H,6-7,9-10,12H2,1H3,(H,19,20). The first-order chi connectivity index (χ1) is 10.7. The molecule has 0 atom stereocenters. The van der Waals surface area contributed by atoms with Gasteiger partial charge in [0, 0.05) is 24.8 Å². The number of benzene rings is 1. The summed E-state index contributed by atoms with van der Waals surface area (Å²) in [6, 6.07) is 8.29. The molecule has 1 amide bonds. The highest BCUT2D eigenvalue weighted by molar-refractivity contribution is 7.09. The zero-order chi connectivity index (χ0) is 15.4. The molecule has 0 spiro atoms. The monoisotopic (exact) mass is 316 g/mol.